The summed E-state index contributed by atoms with van der Waals surface area (Å²) in [6.45, 7) is 3.17. The Hall–Kier alpha value is -3.10. The second-order valence-corrected chi connectivity index (χ2v) is 6.51. The first-order valence-electron chi connectivity index (χ1n) is 8.31. The summed E-state index contributed by atoms with van der Waals surface area (Å²) in [5.74, 6) is 0.936. The molecular formula is C16H18N8O. The van der Waals surface area contributed by atoms with E-state index in [1.807, 2.05) is 36.3 Å². The number of imidazole rings is 1. The van der Waals surface area contributed by atoms with Crippen LogP contribution in [-0.4, -0.2) is 68.5 Å². The van der Waals surface area contributed by atoms with Gasteiger partial charge in [-0.2, -0.15) is 5.10 Å². The molecule has 2 amide bonds. The van der Waals surface area contributed by atoms with Crippen molar-refractivity contribution < 1.29 is 4.79 Å². The minimum Gasteiger partial charge on any atom is -0.351 e. The standard InChI is InChI=1S/C16H18N8O/c1-20-6-7-22(16(20)25)12-8-18-24(11-12)13-9-21(10-13)15-3-2-14-17-4-5-23(14)19-15/h2-5,8,11,13H,6-7,9-10H2,1H3. The van der Waals surface area contributed by atoms with Crippen molar-refractivity contribution in [3.8, 4) is 0 Å². The SMILES string of the molecule is CN1CCN(c2cnn(C3CN(c4ccc5nccn5n4)C3)c2)C1=O. The van der Waals surface area contributed by atoms with E-state index >= 15 is 0 Å². The van der Waals surface area contributed by atoms with Crippen LogP contribution in [0.15, 0.2) is 36.9 Å². The van der Waals surface area contributed by atoms with E-state index in [1.54, 1.807) is 26.7 Å². The molecule has 0 bridgehead atoms. The van der Waals surface area contributed by atoms with Gasteiger partial charge in [0.25, 0.3) is 0 Å². The number of anilines is 2. The van der Waals surface area contributed by atoms with E-state index in [1.165, 1.54) is 0 Å². The molecule has 0 atom stereocenters. The van der Waals surface area contributed by atoms with Gasteiger partial charge in [-0.3, -0.25) is 9.58 Å². The van der Waals surface area contributed by atoms with E-state index in [4.69, 9.17) is 0 Å². The van der Waals surface area contributed by atoms with E-state index in [0.29, 0.717) is 12.6 Å². The monoisotopic (exact) mass is 338 g/mol. The smallest absolute Gasteiger partial charge is 0.324 e. The Morgan fingerprint density at radius 2 is 2.08 bits per heavy atom. The number of likely N-dealkylation sites (N-methyl/N-ethyl adjacent to an activating group) is 1. The molecule has 2 saturated heterocycles. The maximum atomic E-state index is 12.1. The molecule has 0 N–H and O–H groups in total. The van der Waals surface area contributed by atoms with Crippen molar-refractivity contribution in [2.24, 2.45) is 0 Å². The van der Waals surface area contributed by atoms with E-state index < -0.39 is 0 Å². The molecule has 2 aliphatic heterocycles. The van der Waals surface area contributed by atoms with Crippen LogP contribution in [-0.2, 0) is 0 Å². The molecule has 9 heteroatoms. The second-order valence-electron chi connectivity index (χ2n) is 6.51. The predicted molar refractivity (Wildman–Crippen MR) is 91.8 cm³/mol. The molecule has 0 radical (unpaired) electrons. The molecule has 25 heavy (non-hydrogen) atoms. The lowest BCUT2D eigenvalue weighted by molar-refractivity contribution is 0.229. The summed E-state index contributed by atoms with van der Waals surface area (Å²) >= 11 is 0. The number of hydrogen-bond donors (Lipinski definition) is 0. The van der Waals surface area contributed by atoms with Gasteiger partial charge in [-0.25, -0.2) is 14.3 Å². The van der Waals surface area contributed by atoms with Crippen LogP contribution < -0.4 is 9.80 Å². The minimum absolute atomic E-state index is 0.0348. The number of urea groups is 1. The topological polar surface area (TPSA) is 74.8 Å². The van der Waals surface area contributed by atoms with Gasteiger partial charge < -0.3 is 9.80 Å². The number of amides is 2. The maximum Gasteiger partial charge on any atom is 0.324 e. The van der Waals surface area contributed by atoms with Gasteiger partial charge in [0, 0.05) is 51.8 Å². The lowest BCUT2D eigenvalue weighted by Crippen LogP contribution is -2.48. The molecule has 2 aliphatic rings. The number of carbonyl (C=O) groups is 1. The zero-order chi connectivity index (χ0) is 17.0. The van der Waals surface area contributed by atoms with Crippen molar-refractivity contribution in [3.63, 3.8) is 0 Å². The number of carbonyl (C=O) groups excluding carboxylic acids is 1. The summed E-state index contributed by atoms with van der Waals surface area (Å²) in [7, 11) is 1.82. The van der Waals surface area contributed by atoms with Crippen molar-refractivity contribution in [2.75, 3.05) is 43.0 Å². The fourth-order valence-electron chi connectivity index (χ4n) is 3.34. The summed E-state index contributed by atoms with van der Waals surface area (Å²) in [5.41, 5.74) is 1.71. The highest BCUT2D eigenvalue weighted by atomic mass is 16.2. The second kappa shape index (κ2) is 5.20. The van der Waals surface area contributed by atoms with Crippen molar-refractivity contribution in [1.29, 1.82) is 0 Å². The van der Waals surface area contributed by atoms with Crippen LogP contribution in [0.3, 0.4) is 0 Å². The number of fused-ring (bicyclic) bond motifs is 1. The summed E-state index contributed by atoms with van der Waals surface area (Å²) in [6.07, 6.45) is 7.33. The molecule has 9 nitrogen and oxygen atoms in total. The fourth-order valence-corrected chi connectivity index (χ4v) is 3.34. The van der Waals surface area contributed by atoms with Gasteiger partial charge in [0.05, 0.1) is 17.9 Å². The van der Waals surface area contributed by atoms with Gasteiger partial charge in [0.2, 0.25) is 0 Å². The van der Waals surface area contributed by atoms with Gasteiger partial charge in [0.1, 0.15) is 5.82 Å². The van der Waals surface area contributed by atoms with Gasteiger partial charge >= 0.3 is 6.03 Å². The normalized spacial score (nSPS) is 18.4. The molecule has 5 heterocycles. The third-order valence-corrected chi connectivity index (χ3v) is 4.92. The Labute approximate surface area is 144 Å². The molecule has 0 spiro atoms. The van der Waals surface area contributed by atoms with Crippen molar-refractivity contribution >= 4 is 23.2 Å². The maximum absolute atomic E-state index is 12.1. The van der Waals surface area contributed by atoms with E-state index in [9.17, 15) is 4.79 Å². The van der Waals surface area contributed by atoms with Crippen LogP contribution >= 0.6 is 0 Å². The Morgan fingerprint density at radius 3 is 2.88 bits per heavy atom. The molecule has 128 valence electrons. The first-order chi connectivity index (χ1) is 12.2. The number of hydrogen-bond acceptors (Lipinski definition) is 5. The zero-order valence-corrected chi connectivity index (χ0v) is 13.9. The van der Waals surface area contributed by atoms with Gasteiger partial charge in [-0.1, -0.05) is 0 Å². The third-order valence-electron chi connectivity index (χ3n) is 4.92. The Bertz CT molecular complexity index is 940. The lowest BCUT2D eigenvalue weighted by Gasteiger charge is -2.39. The molecular weight excluding hydrogens is 320 g/mol. The van der Waals surface area contributed by atoms with Crippen LogP contribution in [0, 0.1) is 0 Å². The quantitative estimate of drug-likeness (QED) is 0.708. The highest BCUT2D eigenvalue weighted by Crippen LogP contribution is 2.28. The summed E-state index contributed by atoms with van der Waals surface area (Å²) in [5, 5.41) is 9.02. The average Bonchev–Trinajstić information content (AvgIpc) is 3.28. The summed E-state index contributed by atoms with van der Waals surface area (Å²) < 4.78 is 3.73. The lowest BCUT2D eigenvalue weighted by atomic mass is 10.1. The first kappa shape index (κ1) is 14.3. The van der Waals surface area contributed by atoms with Crippen molar-refractivity contribution in [2.45, 2.75) is 6.04 Å². The molecule has 0 saturated carbocycles. The molecule has 0 aromatic carbocycles. The van der Waals surface area contributed by atoms with Crippen LogP contribution in [0.5, 0.6) is 0 Å². The predicted octanol–water partition coefficient (Wildman–Crippen LogP) is 0.859. The molecule has 2 fully saturated rings. The van der Waals surface area contributed by atoms with E-state index in [-0.39, 0.29) is 6.03 Å². The molecule has 3 aromatic rings. The van der Waals surface area contributed by atoms with Crippen LogP contribution in [0.25, 0.3) is 5.65 Å². The third kappa shape index (κ3) is 2.23. The van der Waals surface area contributed by atoms with Crippen LogP contribution in [0.2, 0.25) is 0 Å². The number of aromatic nitrogens is 5. The first-order valence-corrected chi connectivity index (χ1v) is 8.31. The van der Waals surface area contributed by atoms with E-state index in [0.717, 1.165) is 36.8 Å². The van der Waals surface area contributed by atoms with Gasteiger partial charge in [-0.15, -0.1) is 5.10 Å². The highest BCUT2D eigenvalue weighted by molar-refractivity contribution is 5.93. The minimum atomic E-state index is 0.0348. The highest BCUT2D eigenvalue weighted by Gasteiger charge is 2.32. The van der Waals surface area contributed by atoms with E-state index in [2.05, 4.69) is 20.1 Å². The van der Waals surface area contributed by atoms with Gasteiger partial charge in [-0.05, 0) is 12.1 Å². The Morgan fingerprint density at radius 1 is 1.20 bits per heavy atom. The molecule has 5 rings (SSSR count). The Balaban J connectivity index is 1.28. The molecule has 3 aromatic heterocycles. The Kier molecular flexibility index (Phi) is 2.97. The summed E-state index contributed by atoms with van der Waals surface area (Å²) in [6, 6.07) is 4.29. The fraction of sp³-hybridized carbons (Fsp3) is 0.375. The van der Waals surface area contributed by atoms with Crippen molar-refractivity contribution in [3.05, 3.63) is 36.9 Å². The molecule has 0 aliphatic carbocycles. The summed E-state index contributed by atoms with van der Waals surface area (Å²) in [4.78, 5) is 22.0. The van der Waals surface area contributed by atoms with Crippen LogP contribution in [0.1, 0.15) is 6.04 Å². The average molecular weight is 338 g/mol. The zero-order valence-electron chi connectivity index (χ0n) is 13.9. The van der Waals surface area contributed by atoms with Gasteiger partial charge in [0.15, 0.2) is 5.65 Å². The largest absolute Gasteiger partial charge is 0.351 e. The molecule has 0 unspecified atom stereocenters. The van der Waals surface area contributed by atoms with Crippen LogP contribution in [0.4, 0.5) is 16.3 Å². The number of rotatable bonds is 3. The number of nitrogens with zero attached hydrogens (tertiary/aromatic N) is 8. The van der Waals surface area contributed by atoms with Crippen molar-refractivity contribution in [1.82, 2.24) is 29.3 Å².